The minimum absolute atomic E-state index is 0.0976. The van der Waals surface area contributed by atoms with E-state index in [9.17, 15) is 4.79 Å². The fraction of sp³-hybridized carbons (Fsp3) is 0.286. The molecule has 0 unspecified atom stereocenters. The number of aromatic nitrogens is 2. The number of carbonyl (C=O) groups excluding carboxylic acids is 1. The van der Waals surface area contributed by atoms with Crippen molar-refractivity contribution in [3.63, 3.8) is 0 Å². The fourth-order valence-electron chi connectivity index (χ4n) is 2.05. The Bertz CT molecular complexity index is 585. The summed E-state index contributed by atoms with van der Waals surface area (Å²) in [6.45, 7) is 3.77. The maximum Gasteiger partial charge on any atom is 0.170 e. The molecule has 0 amide bonds. The molecular weight excluding hydrogens is 248 g/mol. The lowest BCUT2D eigenvalue weighted by Crippen LogP contribution is -2.06. The lowest BCUT2D eigenvalue weighted by atomic mass is 10.0. The van der Waals surface area contributed by atoms with Gasteiger partial charge in [-0.05, 0) is 31.5 Å². The number of hydrogen-bond donors (Lipinski definition) is 0. The predicted molar refractivity (Wildman–Crippen MR) is 72.2 cm³/mol. The second kappa shape index (κ2) is 4.94. The topological polar surface area (TPSA) is 34.9 Å². The Balaban J connectivity index is 2.24. The SMILES string of the molecule is Cc1nn(C)c(C)c1C(=O)Cc1ccc(Cl)cc1. The summed E-state index contributed by atoms with van der Waals surface area (Å²) in [5.41, 5.74) is 3.39. The van der Waals surface area contributed by atoms with E-state index in [0.717, 1.165) is 22.5 Å². The van der Waals surface area contributed by atoms with Gasteiger partial charge >= 0.3 is 0 Å². The number of Topliss-reactive ketones (excluding diaryl/α,β-unsaturated/α-hetero) is 1. The molecule has 0 bridgehead atoms. The lowest BCUT2D eigenvalue weighted by Gasteiger charge is -2.02. The van der Waals surface area contributed by atoms with E-state index >= 15 is 0 Å². The summed E-state index contributed by atoms with van der Waals surface area (Å²) < 4.78 is 1.74. The average Bonchev–Trinajstić information content (AvgIpc) is 2.56. The van der Waals surface area contributed by atoms with E-state index in [0.29, 0.717) is 11.4 Å². The molecule has 0 spiro atoms. The number of nitrogens with zero attached hydrogens (tertiary/aromatic N) is 2. The standard InChI is InChI=1S/C14H15ClN2O/c1-9-14(10(2)17(3)16-9)13(18)8-11-4-6-12(15)7-5-11/h4-7H,8H2,1-3H3. The molecule has 1 heterocycles. The summed E-state index contributed by atoms with van der Waals surface area (Å²) >= 11 is 5.82. The number of benzene rings is 1. The molecule has 0 fully saturated rings. The Morgan fingerprint density at radius 1 is 1.28 bits per heavy atom. The van der Waals surface area contributed by atoms with Gasteiger partial charge in [0, 0.05) is 24.2 Å². The van der Waals surface area contributed by atoms with Gasteiger partial charge in [0.1, 0.15) is 0 Å². The Morgan fingerprint density at radius 3 is 2.39 bits per heavy atom. The molecule has 18 heavy (non-hydrogen) atoms. The van der Waals surface area contributed by atoms with Gasteiger partial charge in [-0.2, -0.15) is 5.10 Å². The first-order valence-electron chi connectivity index (χ1n) is 5.77. The van der Waals surface area contributed by atoms with Crippen LogP contribution in [0.2, 0.25) is 5.02 Å². The zero-order valence-corrected chi connectivity index (χ0v) is 11.5. The summed E-state index contributed by atoms with van der Waals surface area (Å²) in [6, 6.07) is 7.35. The molecular formula is C14H15ClN2O. The largest absolute Gasteiger partial charge is 0.294 e. The van der Waals surface area contributed by atoms with Crippen molar-refractivity contribution >= 4 is 17.4 Å². The van der Waals surface area contributed by atoms with Gasteiger partial charge in [0.15, 0.2) is 5.78 Å². The van der Waals surface area contributed by atoms with E-state index in [2.05, 4.69) is 5.10 Å². The van der Waals surface area contributed by atoms with Crippen LogP contribution in [-0.2, 0) is 13.5 Å². The molecule has 2 aromatic rings. The van der Waals surface area contributed by atoms with Crippen molar-refractivity contribution in [2.75, 3.05) is 0 Å². The van der Waals surface area contributed by atoms with Gasteiger partial charge < -0.3 is 0 Å². The highest BCUT2D eigenvalue weighted by molar-refractivity contribution is 6.30. The van der Waals surface area contributed by atoms with Crippen molar-refractivity contribution in [2.24, 2.45) is 7.05 Å². The van der Waals surface area contributed by atoms with Crippen LogP contribution in [0, 0.1) is 13.8 Å². The van der Waals surface area contributed by atoms with Crippen molar-refractivity contribution in [3.05, 3.63) is 51.8 Å². The van der Waals surface area contributed by atoms with Crippen LogP contribution in [0.3, 0.4) is 0 Å². The highest BCUT2D eigenvalue weighted by Crippen LogP contribution is 2.16. The van der Waals surface area contributed by atoms with Gasteiger partial charge in [-0.25, -0.2) is 0 Å². The van der Waals surface area contributed by atoms with Gasteiger partial charge in [0.05, 0.1) is 11.3 Å². The van der Waals surface area contributed by atoms with E-state index in [1.165, 1.54) is 0 Å². The maximum atomic E-state index is 12.3. The Morgan fingerprint density at radius 2 is 1.89 bits per heavy atom. The normalized spacial score (nSPS) is 10.7. The first-order chi connectivity index (χ1) is 8.49. The third-order valence-electron chi connectivity index (χ3n) is 3.07. The van der Waals surface area contributed by atoms with Crippen LogP contribution in [0.15, 0.2) is 24.3 Å². The van der Waals surface area contributed by atoms with Crippen molar-refractivity contribution in [1.82, 2.24) is 9.78 Å². The molecule has 3 nitrogen and oxygen atoms in total. The van der Waals surface area contributed by atoms with Crippen molar-refractivity contribution in [1.29, 1.82) is 0 Å². The zero-order chi connectivity index (χ0) is 13.3. The molecule has 0 radical (unpaired) electrons. The number of hydrogen-bond acceptors (Lipinski definition) is 2. The first kappa shape index (κ1) is 12.8. The van der Waals surface area contributed by atoms with Gasteiger partial charge in [-0.1, -0.05) is 23.7 Å². The summed E-state index contributed by atoms with van der Waals surface area (Å²) in [5.74, 6) is 0.0976. The van der Waals surface area contributed by atoms with Crippen LogP contribution in [-0.4, -0.2) is 15.6 Å². The number of rotatable bonds is 3. The smallest absolute Gasteiger partial charge is 0.170 e. The predicted octanol–water partition coefficient (Wildman–Crippen LogP) is 3.12. The number of ketones is 1. The summed E-state index contributed by atoms with van der Waals surface area (Å²) in [6.07, 6.45) is 0.380. The second-order valence-electron chi connectivity index (χ2n) is 4.40. The van der Waals surface area contributed by atoms with E-state index in [1.807, 2.05) is 33.0 Å². The highest BCUT2D eigenvalue weighted by Gasteiger charge is 2.17. The molecule has 94 valence electrons. The van der Waals surface area contributed by atoms with Crippen LogP contribution in [0.1, 0.15) is 27.3 Å². The number of halogens is 1. The average molecular weight is 263 g/mol. The van der Waals surface area contributed by atoms with Gasteiger partial charge in [0.2, 0.25) is 0 Å². The third kappa shape index (κ3) is 2.46. The molecule has 1 aromatic carbocycles. The zero-order valence-electron chi connectivity index (χ0n) is 10.7. The molecule has 0 saturated carbocycles. The van der Waals surface area contributed by atoms with Crippen LogP contribution in [0.4, 0.5) is 0 Å². The second-order valence-corrected chi connectivity index (χ2v) is 4.83. The van der Waals surface area contributed by atoms with E-state index in [-0.39, 0.29) is 5.78 Å². The minimum atomic E-state index is 0.0976. The van der Waals surface area contributed by atoms with Crippen LogP contribution >= 0.6 is 11.6 Å². The molecule has 0 aliphatic rings. The van der Waals surface area contributed by atoms with Crippen molar-refractivity contribution < 1.29 is 4.79 Å². The monoisotopic (exact) mass is 262 g/mol. The fourth-order valence-corrected chi connectivity index (χ4v) is 2.18. The molecule has 0 aliphatic heterocycles. The van der Waals surface area contributed by atoms with Gasteiger partial charge in [0.25, 0.3) is 0 Å². The van der Waals surface area contributed by atoms with Gasteiger partial charge in [-0.3, -0.25) is 9.48 Å². The summed E-state index contributed by atoms with van der Waals surface area (Å²) in [4.78, 5) is 12.3. The third-order valence-corrected chi connectivity index (χ3v) is 3.32. The van der Waals surface area contributed by atoms with Crippen molar-refractivity contribution in [2.45, 2.75) is 20.3 Å². The molecule has 0 atom stereocenters. The van der Waals surface area contributed by atoms with E-state index < -0.39 is 0 Å². The van der Waals surface area contributed by atoms with Gasteiger partial charge in [-0.15, -0.1) is 0 Å². The van der Waals surface area contributed by atoms with Crippen LogP contribution < -0.4 is 0 Å². The van der Waals surface area contributed by atoms with E-state index in [1.54, 1.807) is 16.8 Å². The van der Waals surface area contributed by atoms with Crippen LogP contribution in [0.5, 0.6) is 0 Å². The molecule has 4 heteroatoms. The molecule has 0 N–H and O–H groups in total. The maximum absolute atomic E-state index is 12.3. The van der Waals surface area contributed by atoms with Crippen LogP contribution in [0.25, 0.3) is 0 Å². The van der Waals surface area contributed by atoms with E-state index in [4.69, 9.17) is 11.6 Å². The Hall–Kier alpha value is -1.61. The van der Waals surface area contributed by atoms with Crippen molar-refractivity contribution in [3.8, 4) is 0 Å². The first-order valence-corrected chi connectivity index (χ1v) is 6.14. The Labute approximate surface area is 111 Å². The Kier molecular flexibility index (Phi) is 3.53. The molecule has 1 aromatic heterocycles. The molecule has 0 aliphatic carbocycles. The highest BCUT2D eigenvalue weighted by atomic mass is 35.5. The molecule has 2 rings (SSSR count). The summed E-state index contributed by atoms with van der Waals surface area (Å²) in [7, 11) is 1.85. The molecule has 0 saturated heterocycles. The quantitative estimate of drug-likeness (QED) is 0.797. The number of aryl methyl sites for hydroxylation is 2. The lowest BCUT2D eigenvalue weighted by molar-refractivity contribution is 0.0991. The number of carbonyl (C=O) groups is 1. The summed E-state index contributed by atoms with van der Waals surface area (Å²) in [5, 5.41) is 4.94. The minimum Gasteiger partial charge on any atom is -0.294 e.